The molecule has 7 nitrogen and oxygen atoms in total. The van der Waals surface area contributed by atoms with Gasteiger partial charge in [-0.05, 0) is 37.1 Å². The second-order valence-electron chi connectivity index (χ2n) is 8.36. The van der Waals surface area contributed by atoms with Gasteiger partial charge in [-0.3, -0.25) is 4.79 Å². The van der Waals surface area contributed by atoms with Gasteiger partial charge in [-0.1, -0.05) is 48.5 Å². The van der Waals surface area contributed by atoms with E-state index in [1.54, 1.807) is 16.7 Å². The number of rotatable bonds is 10. The monoisotopic (exact) mass is 471 g/mol. The van der Waals surface area contributed by atoms with Gasteiger partial charge in [0.15, 0.2) is 22.9 Å². The van der Waals surface area contributed by atoms with Crippen LogP contribution in [0.15, 0.2) is 77.2 Å². The van der Waals surface area contributed by atoms with Crippen molar-refractivity contribution < 1.29 is 28.6 Å². The van der Waals surface area contributed by atoms with Crippen LogP contribution in [0.5, 0.6) is 5.75 Å². The first kappa shape index (κ1) is 22.7. The normalized spacial score (nSPS) is 12.4. The largest absolute Gasteiger partial charge is 0.490 e. The number of aliphatic carboxylic acids is 1. The zero-order valence-corrected chi connectivity index (χ0v) is 19.3. The van der Waals surface area contributed by atoms with E-state index in [9.17, 15) is 14.7 Å². The smallest absolute Gasteiger partial charge is 0.354 e. The highest BCUT2D eigenvalue weighted by atomic mass is 16.5. The minimum atomic E-state index is -1.14. The van der Waals surface area contributed by atoms with Gasteiger partial charge in [-0.25, -0.2) is 4.79 Å². The van der Waals surface area contributed by atoms with Crippen LogP contribution in [0.4, 0.5) is 0 Å². The summed E-state index contributed by atoms with van der Waals surface area (Å²) < 4.78 is 19.1. The van der Waals surface area contributed by atoms with Gasteiger partial charge in [-0.2, -0.15) is 0 Å². The fourth-order valence-corrected chi connectivity index (χ4v) is 4.37. The fraction of sp³-hybridized carbons (Fsp3) is 0.214. The topological polar surface area (TPSA) is 90.9 Å². The molecule has 1 atom stereocenters. The summed E-state index contributed by atoms with van der Waals surface area (Å²) >= 11 is 0. The molecule has 0 saturated heterocycles. The van der Waals surface area contributed by atoms with E-state index in [1.807, 2.05) is 60.7 Å². The molecule has 0 amide bonds. The van der Waals surface area contributed by atoms with Crippen LogP contribution >= 0.6 is 0 Å². The SMILES string of the molecule is CC(=O)c1cc2cccc(OCCCCOC(C(=O)O)n3c4ccccc4c4ccccc43)c2o1. The number of aromatic nitrogens is 1. The highest BCUT2D eigenvalue weighted by Gasteiger charge is 2.24. The summed E-state index contributed by atoms with van der Waals surface area (Å²) in [4.78, 5) is 23.8. The fourth-order valence-electron chi connectivity index (χ4n) is 4.37. The zero-order chi connectivity index (χ0) is 24.4. The van der Waals surface area contributed by atoms with Crippen molar-refractivity contribution in [3.8, 4) is 5.75 Å². The number of para-hydroxylation sites is 3. The Kier molecular flexibility index (Phi) is 6.25. The lowest BCUT2D eigenvalue weighted by atomic mass is 10.2. The number of furan rings is 1. The molecule has 7 heteroatoms. The first-order chi connectivity index (χ1) is 17.0. The number of nitrogens with zero attached hydrogens (tertiary/aromatic N) is 1. The number of benzene rings is 3. The van der Waals surface area contributed by atoms with Crippen LogP contribution in [0.25, 0.3) is 32.8 Å². The molecule has 5 aromatic rings. The molecular formula is C28H25NO6. The second kappa shape index (κ2) is 9.64. The average Bonchev–Trinajstić information content (AvgIpc) is 3.44. The summed E-state index contributed by atoms with van der Waals surface area (Å²) in [6.45, 7) is 2.13. The van der Waals surface area contributed by atoms with Crippen LogP contribution in [0.3, 0.4) is 0 Å². The lowest BCUT2D eigenvalue weighted by Gasteiger charge is -2.18. The number of fused-ring (bicyclic) bond motifs is 4. The molecule has 0 bridgehead atoms. The lowest BCUT2D eigenvalue weighted by Crippen LogP contribution is -2.22. The highest BCUT2D eigenvalue weighted by molar-refractivity contribution is 6.08. The number of ether oxygens (including phenoxy) is 2. The first-order valence-corrected chi connectivity index (χ1v) is 11.5. The summed E-state index contributed by atoms with van der Waals surface area (Å²) in [5, 5.41) is 12.7. The molecule has 2 aromatic heterocycles. The quantitative estimate of drug-likeness (QED) is 0.193. The lowest BCUT2D eigenvalue weighted by molar-refractivity contribution is -0.156. The van der Waals surface area contributed by atoms with E-state index in [-0.39, 0.29) is 12.4 Å². The Morgan fingerprint density at radius 2 is 1.57 bits per heavy atom. The molecule has 0 aliphatic carbocycles. The number of hydrogen-bond acceptors (Lipinski definition) is 5. The molecule has 0 aliphatic rings. The summed E-state index contributed by atoms with van der Waals surface area (Å²) in [5.41, 5.74) is 2.19. The van der Waals surface area contributed by atoms with Crippen molar-refractivity contribution in [2.24, 2.45) is 0 Å². The van der Waals surface area contributed by atoms with Gasteiger partial charge in [0.2, 0.25) is 6.23 Å². The van der Waals surface area contributed by atoms with Gasteiger partial charge in [0.25, 0.3) is 0 Å². The molecular weight excluding hydrogens is 446 g/mol. The Bertz CT molecular complexity index is 1480. The van der Waals surface area contributed by atoms with Crippen LogP contribution in [0.1, 0.15) is 36.5 Å². The number of carboxylic acids is 1. The van der Waals surface area contributed by atoms with Crippen LogP contribution in [0.2, 0.25) is 0 Å². The van der Waals surface area contributed by atoms with Crippen LogP contribution in [-0.2, 0) is 9.53 Å². The Morgan fingerprint density at radius 1 is 0.914 bits per heavy atom. The molecule has 35 heavy (non-hydrogen) atoms. The summed E-state index contributed by atoms with van der Waals surface area (Å²) in [6, 6.07) is 22.7. The molecule has 0 aliphatic heterocycles. The standard InChI is InChI=1S/C28H25NO6/c1-18(30)25-17-19-9-8-14-24(26(19)35-25)33-15-6-7-16-34-27(28(31)32)29-22-12-4-2-10-20(22)21-11-3-5-13-23(21)29/h2-5,8-14,17,27H,6-7,15-16H2,1H3,(H,31,32). The van der Waals surface area contributed by atoms with E-state index >= 15 is 0 Å². The molecule has 0 saturated carbocycles. The molecule has 0 spiro atoms. The van der Waals surface area contributed by atoms with Gasteiger partial charge >= 0.3 is 5.97 Å². The third kappa shape index (κ3) is 4.38. The van der Waals surface area contributed by atoms with Gasteiger partial charge in [-0.15, -0.1) is 0 Å². The molecule has 178 valence electrons. The average molecular weight is 472 g/mol. The molecule has 0 radical (unpaired) electrons. The van der Waals surface area contributed by atoms with Crippen LogP contribution in [0, 0.1) is 0 Å². The summed E-state index contributed by atoms with van der Waals surface area (Å²) in [7, 11) is 0. The molecule has 1 N–H and O–H groups in total. The Morgan fingerprint density at radius 3 is 2.23 bits per heavy atom. The predicted molar refractivity (Wildman–Crippen MR) is 133 cm³/mol. The minimum absolute atomic E-state index is 0.138. The van der Waals surface area contributed by atoms with Crippen molar-refractivity contribution in [3.63, 3.8) is 0 Å². The van der Waals surface area contributed by atoms with Crippen molar-refractivity contribution in [2.75, 3.05) is 13.2 Å². The Labute approximate surface area is 201 Å². The second-order valence-corrected chi connectivity index (χ2v) is 8.36. The molecule has 5 rings (SSSR count). The van der Waals surface area contributed by atoms with Gasteiger partial charge in [0.05, 0.1) is 17.6 Å². The summed E-state index contributed by atoms with van der Waals surface area (Å²) in [5.74, 6) is -0.308. The van der Waals surface area contributed by atoms with Crippen molar-refractivity contribution in [1.29, 1.82) is 0 Å². The molecule has 0 fully saturated rings. The van der Waals surface area contributed by atoms with E-state index in [2.05, 4.69) is 0 Å². The number of carbonyl (C=O) groups is 2. The van der Waals surface area contributed by atoms with E-state index in [0.29, 0.717) is 36.5 Å². The highest BCUT2D eigenvalue weighted by Crippen LogP contribution is 2.32. The third-order valence-electron chi connectivity index (χ3n) is 5.99. The number of carboxylic acid groups (broad SMARTS) is 1. The van der Waals surface area contributed by atoms with Crippen molar-refractivity contribution in [2.45, 2.75) is 26.0 Å². The number of hydrogen-bond donors (Lipinski definition) is 1. The van der Waals surface area contributed by atoms with Crippen molar-refractivity contribution in [3.05, 3.63) is 78.6 Å². The Hall–Kier alpha value is -4.10. The van der Waals surface area contributed by atoms with Gasteiger partial charge in [0.1, 0.15) is 0 Å². The van der Waals surface area contributed by atoms with Crippen LogP contribution in [-0.4, -0.2) is 34.6 Å². The zero-order valence-electron chi connectivity index (χ0n) is 19.3. The number of Topliss-reactive ketones (excluding diaryl/α,β-unsaturated/α-hetero) is 1. The maximum Gasteiger partial charge on any atom is 0.354 e. The minimum Gasteiger partial charge on any atom is -0.490 e. The molecule has 1 unspecified atom stereocenters. The first-order valence-electron chi connectivity index (χ1n) is 11.5. The van der Waals surface area contributed by atoms with Gasteiger partial charge < -0.3 is 23.6 Å². The van der Waals surface area contributed by atoms with Gasteiger partial charge in [0, 0.05) is 29.7 Å². The van der Waals surface area contributed by atoms with Crippen molar-refractivity contribution >= 4 is 44.5 Å². The third-order valence-corrected chi connectivity index (χ3v) is 5.99. The summed E-state index contributed by atoms with van der Waals surface area (Å²) in [6.07, 6.45) is 0.145. The maximum absolute atomic E-state index is 12.2. The van der Waals surface area contributed by atoms with E-state index in [0.717, 1.165) is 27.2 Å². The number of unbranched alkanes of at least 4 members (excludes halogenated alkanes) is 1. The Balaban J connectivity index is 1.23. The van der Waals surface area contributed by atoms with E-state index in [4.69, 9.17) is 13.9 Å². The van der Waals surface area contributed by atoms with E-state index < -0.39 is 12.2 Å². The molecule has 3 aromatic carbocycles. The predicted octanol–water partition coefficient (Wildman–Crippen LogP) is 6.20. The maximum atomic E-state index is 12.2. The number of carbonyl (C=O) groups excluding carboxylic acids is 1. The number of ketones is 1. The molecule has 2 heterocycles. The van der Waals surface area contributed by atoms with E-state index in [1.165, 1.54) is 6.92 Å². The van der Waals surface area contributed by atoms with Crippen molar-refractivity contribution in [1.82, 2.24) is 4.57 Å². The van der Waals surface area contributed by atoms with Crippen LogP contribution < -0.4 is 4.74 Å².